The van der Waals surface area contributed by atoms with E-state index in [0.717, 1.165) is 29.7 Å². The Morgan fingerprint density at radius 1 is 1.17 bits per heavy atom. The van der Waals surface area contributed by atoms with Crippen molar-refractivity contribution in [1.82, 2.24) is 4.98 Å². The highest BCUT2D eigenvalue weighted by molar-refractivity contribution is 5.83. The van der Waals surface area contributed by atoms with Gasteiger partial charge in [-0.1, -0.05) is 6.07 Å². The van der Waals surface area contributed by atoms with Gasteiger partial charge in [0, 0.05) is 17.3 Å². The van der Waals surface area contributed by atoms with E-state index in [1.54, 1.807) is 6.07 Å². The van der Waals surface area contributed by atoms with E-state index < -0.39 is 0 Å². The molecule has 1 aliphatic carbocycles. The number of carbonyl (C=O) groups excluding carboxylic acids is 1. The lowest BCUT2D eigenvalue weighted by molar-refractivity contribution is -0.117. The standard InChI is InChI=1S/C25H28FNO3/c1-16-13-18(8-12-24(16)30-19-5-3-4-6-19)15-29-20-9-11-22-21(14-20)25(26)23(27-22)10-7-17(2)28/h8-9,11-14,19,27H,3-7,10,15H2,1-2H3. The molecule has 1 saturated carbocycles. The number of nitrogens with one attached hydrogen (secondary N) is 1. The van der Waals surface area contributed by atoms with Crippen molar-refractivity contribution < 1.29 is 18.7 Å². The van der Waals surface area contributed by atoms with Gasteiger partial charge >= 0.3 is 0 Å². The summed E-state index contributed by atoms with van der Waals surface area (Å²) in [6, 6.07) is 11.5. The van der Waals surface area contributed by atoms with Crippen molar-refractivity contribution in [2.45, 2.75) is 65.1 Å². The predicted molar refractivity (Wildman–Crippen MR) is 116 cm³/mol. The molecule has 0 unspecified atom stereocenters. The van der Waals surface area contributed by atoms with E-state index in [0.29, 0.717) is 47.9 Å². The van der Waals surface area contributed by atoms with Crippen LogP contribution in [0.1, 0.15) is 55.8 Å². The lowest BCUT2D eigenvalue weighted by atomic mass is 10.1. The van der Waals surface area contributed by atoms with Gasteiger partial charge < -0.3 is 19.3 Å². The molecule has 0 radical (unpaired) electrons. The predicted octanol–water partition coefficient (Wildman–Crippen LogP) is 6.04. The summed E-state index contributed by atoms with van der Waals surface area (Å²) in [5, 5.41) is 0.488. The smallest absolute Gasteiger partial charge is 0.151 e. The first-order valence-electron chi connectivity index (χ1n) is 10.7. The summed E-state index contributed by atoms with van der Waals surface area (Å²) in [5.41, 5.74) is 3.32. The van der Waals surface area contributed by atoms with Gasteiger partial charge in [0.05, 0.1) is 11.8 Å². The number of hydrogen-bond donors (Lipinski definition) is 1. The van der Waals surface area contributed by atoms with Crippen molar-refractivity contribution in [2.24, 2.45) is 0 Å². The van der Waals surface area contributed by atoms with Gasteiger partial charge in [-0.2, -0.15) is 0 Å². The highest BCUT2D eigenvalue weighted by Crippen LogP contribution is 2.29. The van der Waals surface area contributed by atoms with Crippen LogP contribution in [0.25, 0.3) is 10.9 Å². The molecule has 0 atom stereocenters. The number of aromatic nitrogens is 1. The molecule has 4 nitrogen and oxygen atoms in total. The van der Waals surface area contributed by atoms with Crippen molar-refractivity contribution in [2.75, 3.05) is 0 Å². The number of fused-ring (bicyclic) bond motifs is 1. The molecule has 1 N–H and O–H groups in total. The average molecular weight is 410 g/mol. The van der Waals surface area contributed by atoms with E-state index in [2.05, 4.69) is 18.0 Å². The minimum absolute atomic E-state index is 0.0482. The second-order valence-corrected chi connectivity index (χ2v) is 8.24. The van der Waals surface area contributed by atoms with E-state index in [9.17, 15) is 9.18 Å². The Morgan fingerprint density at radius 3 is 2.70 bits per heavy atom. The van der Waals surface area contributed by atoms with Gasteiger partial charge in [0.1, 0.15) is 23.9 Å². The molecule has 3 aromatic rings. The Hall–Kier alpha value is -2.82. The van der Waals surface area contributed by atoms with Gasteiger partial charge in [0.25, 0.3) is 0 Å². The number of aromatic amines is 1. The van der Waals surface area contributed by atoms with Crippen LogP contribution in [0.3, 0.4) is 0 Å². The number of benzene rings is 2. The van der Waals surface area contributed by atoms with Gasteiger partial charge in [-0.05, 0) is 87.4 Å². The first kappa shape index (κ1) is 20.5. The molecule has 30 heavy (non-hydrogen) atoms. The van der Waals surface area contributed by atoms with Gasteiger partial charge in [0.15, 0.2) is 5.82 Å². The van der Waals surface area contributed by atoms with Crippen LogP contribution in [0.4, 0.5) is 4.39 Å². The Bertz CT molecular complexity index is 1050. The molecule has 1 fully saturated rings. The molecule has 2 aromatic carbocycles. The normalized spacial score (nSPS) is 14.4. The first-order chi connectivity index (χ1) is 14.5. The van der Waals surface area contributed by atoms with E-state index >= 15 is 0 Å². The fraction of sp³-hybridized carbons (Fsp3) is 0.400. The highest BCUT2D eigenvalue weighted by Gasteiger charge is 2.17. The number of H-pyrrole nitrogens is 1. The molecule has 1 aromatic heterocycles. The first-order valence-corrected chi connectivity index (χ1v) is 10.7. The molecule has 0 saturated heterocycles. The highest BCUT2D eigenvalue weighted by atomic mass is 19.1. The maximum Gasteiger partial charge on any atom is 0.151 e. The van der Waals surface area contributed by atoms with Gasteiger partial charge in [-0.25, -0.2) is 4.39 Å². The number of ketones is 1. The van der Waals surface area contributed by atoms with Crippen molar-refractivity contribution in [1.29, 1.82) is 0 Å². The second kappa shape index (κ2) is 8.90. The number of carbonyl (C=O) groups is 1. The largest absolute Gasteiger partial charge is 0.490 e. The quantitative estimate of drug-likeness (QED) is 0.494. The molecule has 1 heterocycles. The summed E-state index contributed by atoms with van der Waals surface area (Å²) in [4.78, 5) is 14.3. The third-order valence-electron chi connectivity index (χ3n) is 5.75. The summed E-state index contributed by atoms with van der Waals surface area (Å²) in [6.45, 7) is 3.97. The molecule has 0 spiro atoms. The zero-order valence-corrected chi connectivity index (χ0v) is 17.6. The Balaban J connectivity index is 1.42. The minimum atomic E-state index is -0.305. The average Bonchev–Trinajstić information content (AvgIpc) is 3.34. The van der Waals surface area contributed by atoms with Crippen molar-refractivity contribution in [3.8, 4) is 11.5 Å². The zero-order chi connectivity index (χ0) is 21.1. The number of hydrogen-bond acceptors (Lipinski definition) is 3. The topological polar surface area (TPSA) is 51.3 Å². The van der Waals surface area contributed by atoms with E-state index in [4.69, 9.17) is 9.47 Å². The lowest BCUT2D eigenvalue weighted by Crippen LogP contribution is -2.11. The van der Waals surface area contributed by atoms with Crippen LogP contribution >= 0.6 is 0 Å². The van der Waals surface area contributed by atoms with Gasteiger partial charge in [-0.15, -0.1) is 0 Å². The maximum atomic E-state index is 14.7. The van der Waals surface area contributed by atoms with E-state index in [1.165, 1.54) is 19.8 Å². The maximum absolute atomic E-state index is 14.7. The second-order valence-electron chi connectivity index (χ2n) is 8.24. The Kier molecular flexibility index (Phi) is 6.07. The minimum Gasteiger partial charge on any atom is -0.490 e. The summed E-state index contributed by atoms with van der Waals surface area (Å²) in [6.07, 6.45) is 5.82. The fourth-order valence-corrected chi connectivity index (χ4v) is 4.04. The van der Waals surface area contributed by atoms with Crippen molar-refractivity contribution in [3.63, 3.8) is 0 Å². The van der Waals surface area contributed by atoms with Gasteiger partial charge in [-0.3, -0.25) is 0 Å². The molecular weight excluding hydrogens is 381 g/mol. The molecule has 0 aliphatic heterocycles. The van der Waals surface area contributed by atoms with E-state index in [1.807, 2.05) is 24.3 Å². The third kappa shape index (κ3) is 4.66. The Morgan fingerprint density at radius 2 is 1.97 bits per heavy atom. The fourth-order valence-electron chi connectivity index (χ4n) is 4.04. The summed E-state index contributed by atoms with van der Waals surface area (Å²) in [5.74, 6) is 1.30. The van der Waals surface area contributed by atoms with Gasteiger partial charge in [0.2, 0.25) is 0 Å². The van der Waals surface area contributed by atoms with Crippen LogP contribution in [0.2, 0.25) is 0 Å². The molecule has 158 valence electrons. The van der Waals surface area contributed by atoms with Crippen LogP contribution in [-0.2, 0) is 17.8 Å². The van der Waals surface area contributed by atoms with Crippen LogP contribution in [0.5, 0.6) is 11.5 Å². The zero-order valence-electron chi connectivity index (χ0n) is 17.6. The number of ether oxygens (including phenoxy) is 2. The van der Waals surface area contributed by atoms with Crippen molar-refractivity contribution in [3.05, 3.63) is 59.0 Å². The Labute approximate surface area is 176 Å². The number of rotatable bonds is 8. The van der Waals surface area contributed by atoms with Crippen LogP contribution in [0.15, 0.2) is 36.4 Å². The van der Waals surface area contributed by atoms with Crippen LogP contribution < -0.4 is 9.47 Å². The number of aryl methyl sites for hydroxylation is 2. The number of halogens is 1. The molecule has 4 rings (SSSR count). The molecule has 1 aliphatic rings. The molecule has 5 heteroatoms. The SMILES string of the molecule is CC(=O)CCc1[nH]c2ccc(OCc3ccc(OC4CCCC4)c(C)c3)cc2c1F. The molecule has 0 bridgehead atoms. The third-order valence-corrected chi connectivity index (χ3v) is 5.75. The molecular formula is C25H28FNO3. The van der Waals surface area contributed by atoms with Crippen LogP contribution in [-0.4, -0.2) is 16.9 Å². The van der Waals surface area contributed by atoms with E-state index in [-0.39, 0.29) is 11.6 Å². The summed E-state index contributed by atoms with van der Waals surface area (Å²) >= 11 is 0. The molecule has 0 amide bonds. The lowest BCUT2D eigenvalue weighted by Gasteiger charge is -2.16. The van der Waals surface area contributed by atoms with Crippen molar-refractivity contribution >= 4 is 16.7 Å². The summed E-state index contributed by atoms with van der Waals surface area (Å²) < 4.78 is 26.7. The summed E-state index contributed by atoms with van der Waals surface area (Å²) in [7, 11) is 0. The van der Waals surface area contributed by atoms with Crippen LogP contribution in [0, 0.1) is 12.7 Å². The monoisotopic (exact) mass is 409 g/mol. The number of Topliss-reactive ketones (excluding diaryl/α,β-unsaturated/α-hetero) is 1.